The van der Waals surface area contributed by atoms with Crippen LogP contribution in [0.15, 0.2) is 21.2 Å². The number of furan rings is 1. The maximum atomic E-state index is 5.53. The van der Waals surface area contributed by atoms with Gasteiger partial charge in [0.25, 0.3) is 0 Å². The zero-order valence-electron chi connectivity index (χ0n) is 10.8. The first-order chi connectivity index (χ1) is 9.15. The Bertz CT molecular complexity index is 571. The third-order valence-electron chi connectivity index (χ3n) is 2.59. The van der Waals surface area contributed by atoms with Gasteiger partial charge in [-0.15, -0.1) is 0 Å². The minimum Gasteiger partial charge on any atom is -0.446 e. The van der Waals surface area contributed by atoms with Crippen LogP contribution in [0.1, 0.15) is 26.0 Å². The second kappa shape index (κ2) is 6.69. The fourth-order valence-electron chi connectivity index (χ4n) is 1.63. The SMILES string of the molecule is CCCNc1nc(-c2ccc(Br)o2)nc(CC)c1I. The molecule has 2 aromatic rings. The summed E-state index contributed by atoms with van der Waals surface area (Å²) in [5, 5.41) is 3.34. The van der Waals surface area contributed by atoms with Gasteiger partial charge in [-0.1, -0.05) is 13.8 Å². The monoisotopic (exact) mass is 435 g/mol. The quantitative estimate of drug-likeness (QED) is 0.703. The lowest BCUT2D eigenvalue weighted by Crippen LogP contribution is -2.08. The minimum absolute atomic E-state index is 0.626. The molecule has 0 saturated carbocycles. The second-order valence-corrected chi connectivity index (χ2v) is 5.90. The van der Waals surface area contributed by atoms with Gasteiger partial charge in [-0.05, 0) is 63.5 Å². The molecule has 0 aromatic carbocycles. The summed E-state index contributed by atoms with van der Waals surface area (Å²) in [5.41, 5.74) is 1.04. The van der Waals surface area contributed by atoms with Crippen molar-refractivity contribution in [2.24, 2.45) is 0 Å². The molecule has 0 spiro atoms. The summed E-state index contributed by atoms with van der Waals surface area (Å²) < 4.78 is 7.30. The first-order valence-corrected chi connectivity index (χ1v) is 8.08. The fourth-order valence-corrected chi connectivity index (χ4v) is 2.75. The molecule has 0 radical (unpaired) electrons. The van der Waals surface area contributed by atoms with Crippen LogP contribution in [0.25, 0.3) is 11.6 Å². The minimum atomic E-state index is 0.626. The number of nitrogens with one attached hydrogen (secondary N) is 1. The Hall–Kier alpha value is -0.630. The molecule has 1 N–H and O–H groups in total. The second-order valence-electron chi connectivity index (χ2n) is 4.04. The predicted octanol–water partition coefficient (Wildman–Crippen LogP) is 4.49. The standard InChI is InChI=1S/C13H15BrIN3O/c1-3-7-16-13-11(15)8(4-2)17-12(18-13)9-5-6-10(14)19-9/h5-6H,3-4,7H2,1-2H3,(H,16,17,18). The first-order valence-electron chi connectivity index (χ1n) is 6.21. The molecule has 0 unspecified atom stereocenters. The molecule has 0 aliphatic heterocycles. The molecule has 0 aliphatic carbocycles. The number of halogens is 2. The number of hydrogen-bond acceptors (Lipinski definition) is 4. The van der Waals surface area contributed by atoms with Gasteiger partial charge in [-0.2, -0.15) is 0 Å². The molecule has 0 saturated heterocycles. The van der Waals surface area contributed by atoms with Gasteiger partial charge in [-0.3, -0.25) is 0 Å². The summed E-state index contributed by atoms with van der Waals surface area (Å²) in [6.07, 6.45) is 1.93. The highest BCUT2D eigenvalue weighted by molar-refractivity contribution is 14.1. The Morgan fingerprint density at radius 1 is 1.32 bits per heavy atom. The van der Waals surface area contributed by atoms with Crippen molar-refractivity contribution >= 4 is 44.3 Å². The van der Waals surface area contributed by atoms with Gasteiger partial charge in [0, 0.05) is 6.54 Å². The van der Waals surface area contributed by atoms with Crippen LogP contribution in [0.3, 0.4) is 0 Å². The number of aromatic nitrogens is 2. The van der Waals surface area contributed by atoms with Crippen molar-refractivity contribution in [2.75, 3.05) is 11.9 Å². The van der Waals surface area contributed by atoms with E-state index in [1.165, 1.54) is 0 Å². The normalized spacial score (nSPS) is 10.7. The zero-order chi connectivity index (χ0) is 13.8. The van der Waals surface area contributed by atoms with Crippen molar-refractivity contribution in [3.05, 3.63) is 26.1 Å². The van der Waals surface area contributed by atoms with Crippen LogP contribution >= 0.6 is 38.5 Å². The molecule has 6 heteroatoms. The van der Waals surface area contributed by atoms with Gasteiger partial charge in [0.1, 0.15) is 5.82 Å². The van der Waals surface area contributed by atoms with Crippen LogP contribution in [0.2, 0.25) is 0 Å². The van der Waals surface area contributed by atoms with E-state index in [4.69, 9.17) is 4.42 Å². The zero-order valence-corrected chi connectivity index (χ0v) is 14.6. The Labute approximate surface area is 134 Å². The molecular weight excluding hydrogens is 421 g/mol. The molecule has 2 aromatic heterocycles. The number of hydrogen-bond donors (Lipinski definition) is 1. The van der Waals surface area contributed by atoms with Crippen molar-refractivity contribution < 1.29 is 4.42 Å². The average molecular weight is 436 g/mol. The maximum absolute atomic E-state index is 5.53. The van der Waals surface area contributed by atoms with Crippen LogP contribution in [0, 0.1) is 3.57 Å². The lowest BCUT2D eigenvalue weighted by molar-refractivity contribution is 0.551. The van der Waals surface area contributed by atoms with E-state index in [0.29, 0.717) is 16.3 Å². The molecule has 0 aliphatic rings. The van der Waals surface area contributed by atoms with Gasteiger partial charge in [0.05, 0.1) is 9.26 Å². The van der Waals surface area contributed by atoms with Gasteiger partial charge in [-0.25, -0.2) is 9.97 Å². The molecule has 0 amide bonds. The third kappa shape index (κ3) is 3.47. The van der Waals surface area contributed by atoms with Crippen molar-refractivity contribution in [3.8, 4) is 11.6 Å². The van der Waals surface area contributed by atoms with E-state index < -0.39 is 0 Å². The summed E-state index contributed by atoms with van der Waals surface area (Å²) in [7, 11) is 0. The average Bonchev–Trinajstić information content (AvgIpc) is 2.84. The van der Waals surface area contributed by atoms with E-state index in [0.717, 1.165) is 34.5 Å². The van der Waals surface area contributed by atoms with Crippen molar-refractivity contribution in [2.45, 2.75) is 26.7 Å². The Kier molecular flexibility index (Phi) is 5.20. The molecular formula is C13H15BrIN3O. The number of rotatable bonds is 5. The smallest absolute Gasteiger partial charge is 0.197 e. The van der Waals surface area contributed by atoms with Crippen LogP contribution < -0.4 is 5.32 Å². The molecule has 2 rings (SSSR count). The Morgan fingerprint density at radius 2 is 2.11 bits per heavy atom. The topological polar surface area (TPSA) is 51.0 Å². The van der Waals surface area contributed by atoms with E-state index in [1.54, 1.807) is 0 Å². The molecule has 0 fully saturated rings. The van der Waals surface area contributed by atoms with Crippen LogP contribution in [0.4, 0.5) is 5.82 Å². The first kappa shape index (κ1) is 14.8. The van der Waals surface area contributed by atoms with Gasteiger partial charge >= 0.3 is 0 Å². The molecule has 2 heterocycles. The molecule has 0 atom stereocenters. The van der Waals surface area contributed by atoms with E-state index in [9.17, 15) is 0 Å². The third-order valence-corrected chi connectivity index (χ3v) is 4.15. The van der Waals surface area contributed by atoms with Crippen molar-refractivity contribution in [1.82, 2.24) is 9.97 Å². The van der Waals surface area contributed by atoms with E-state index in [2.05, 4.69) is 67.7 Å². The van der Waals surface area contributed by atoms with Crippen molar-refractivity contribution in [1.29, 1.82) is 0 Å². The highest BCUT2D eigenvalue weighted by Crippen LogP contribution is 2.27. The lowest BCUT2D eigenvalue weighted by Gasteiger charge is -2.10. The molecule has 19 heavy (non-hydrogen) atoms. The Balaban J connectivity index is 2.44. The lowest BCUT2D eigenvalue weighted by atomic mass is 10.3. The predicted molar refractivity (Wildman–Crippen MR) is 88.3 cm³/mol. The van der Waals surface area contributed by atoms with E-state index >= 15 is 0 Å². The van der Waals surface area contributed by atoms with Crippen LogP contribution in [0.5, 0.6) is 0 Å². The summed E-state index contributed by atoms with van der Waals surface area (Å²) in [5.74, 6) is 2.19. The maximum Gasteiger partial charge on any atom is 0.197 e. The molecule has 0 bridgehead atoms. The summed E-state index contributed by atoms with van der Waals surface area (Å²) in [6.45, 7) is 5.12. The summed E-state index contributed by atoms with van der Waals surface area (Å²) >= 11 is 5.60. The van der Waals surface area contributed by atoms with Crippen molar-refractivity contribution in [3.63, 3.8) is 0 Å². The highest BCUT2D eigenvalue weighted by atomic mass is 127. The van der Waals surface area contributed by atoms with Crippen LogP contribution in [-0.4, -0.2) is 16.5 Å². The largest absolute Gasteiger partial charge is 0.446 e. The van der Waals surface area contributed by atoms with Gasteiger partial charge in [0.15, 0.2) is 16.3 Å². The highest BCUT2D eigenvalue weighted by Gasteiger charge is 2.14. The number of anilines is 1. The number of aryl methyl sites for hydroxylation is 1. The summed E-state index contributed by atoms with van der Waals surface area (Å²) in [6, 6.07) is 3.72. The Morgan fingerprint density at radius 3 is 2.68 bits per heavy atom. The van der Waals surface area contributed by atoms with Gasteiger partial charge < -0.3 is 9.73 Å². The van der Waals surface area contributed by atoms with Crippen LogP contribution in [-0.2, 0) is 6.42 Å². The van der Waals surface area contributed by atoms with Gasteiger partial charge in [0.2, 0.25) is 0 Å². The fraction of sp³-hybridized carbons (Fsp3) is 0.385. The van der Waals surface area contributed by atoms with E-state index in [-0.39, 0.29) is 0 Å². The van der Waals surface area contributed by atoms with E-state index in [1.807, 2.05) is 12.1 Å². The summed E-state index contributed by atoms with van der Waals surface area (Å²) in [4.78, 5) is 9.13. The number of nitrogens with zero attached hydrogens (tertiary/aromatic N) is 2. The molecule has 102 valence electrons. The molecule has 4 nitrogen and oxygen atoms in total.